The van der Waals surface area contributed by atoms with Crippen LogP contribution in [0.1, 0.15) is 35.0 Å². The summed E-state index contributed by atoms with van der Waals surface area (Å²) in [5, 5.41) is 3.51. The first-order valence-corrected chi connectivity index (χ1v) is 8.71. The van der Waals surface area contributed by atoms with Gasteiger partial charge in [0.2, 0.25) is 0 Å². The number of thiophene rings is 1. The topological polar surface area (TPSA) is 29.3 Å². The van der Waals surface area contributed by atoms with Crippen LogP contribution >= 0.6 is 34.5 Å². The van der Waals surface area contributed by atoms with Crippen LogP contribution in [0.3, 0.4) is 0 Å². The molecule has 1 aliphatic rings. The molecule has 2 heterocycles. The lowest BCUT2D eigenvalue weighted by Crippen LogP contribution is -2.39. The molecule has 2 atom stereocenters. The van der Waals surface area contributed by atoms with E-state index in [2.05, 4.69) is 23.3 Å². The molecule has 1 aromatic carbocycles. The van der Waals surface area contributed by atoms with Gasteiger partial charge < -0.3 is 5.73 Å². The van der Waals surface area contributed by atoms with Crippen LogP contribution in [0, 0.1) is 0 Å². The Kier molecular flexibility index (Phi) is 4.57. The first kappa shape index (κ1) is 15.3. The molecule has 2 nitrogen and oxygen atoms in total. The van der Waals surface area contributed by atoms with Crippen molar-refractivity contribution in [3.8, 4) is 0 Å². The second kappa shape index (κ2) is 6.27. The van der Waals surface area contributed by atoms with Gasteiger partial charge in [-0.3, -0.25) is 4.90 Å². The third-order valence-corrected chi connectivity index (χ3v) is 5.65. The van der Waals surface area contributed by atoms with Gasteiger partial charge in [-0.25, -0.2) is 0 Å². The normalized spacial score (nSPS) is 20.3. The summed E-state index contributed by atoms with van der Waals surface area (Å²) in [5.74, 6) is 0. The van der Waals surface area contributed by atoms with Crippen LogP contribution < -0.4 is 5.73 Å². The fraction of sp³-hybridized carbons (Fsp3) is 0.375. The Morgan fingerprint density at radius 2 is 2.05 bits per heavy atom. The molecule has 0 saturated heterocycles. The zero-order chi connectivity index (χ0) is 15.0. The van der Waals surface area contributed by atoms with E-state index in [1.165, 1.54) is 10.4 Å². The van der Waals surface area contributed by atoms with Gasteiger partial charge >= 0.3 is 0 Å². The molecule has 2 N–H and O–H groups in total. The molecule has 0 aliphatic carbocycles. The lowest BCUT2D eigenvalue weighted by Gasteiger charge is -2.39. The molecule has 0 spiro atoms. The Balaban J connectivity index is 1.94. The Hall–Kier alpha value is -0.580. The number of nitrogens with two attached hydrogens (primary N) is 1. The van der Waals surface area contributed by atoms with Crippen LogP contribution in [0.15, 0.2) is 29.6 Å². The van der Waals surface area contributed by atoms with E-state index in [-0.39, 0.29) is 6.04 Å². The van der Waals surface area contributed by atoms with Crippen LogP contribution in [0.25, 0.3) is 0 Å². The van der Waals surface area contributed by atoms with E-state index in [0.717, 1.165) is 18.5 Å². The van der Waals surface area contributed by atoms with E-state index < -0.39 is 0 Å². The van der Waals surface area contributed by atoms with Gasteiger partial charge in [0.15, 0.2) is 0 Å². The zero-order valence-corrected chi connectivity index (χ0v) is 14.2. The maximum absolute atomic E-state index is 6.15. The number of rotatable bonds is 3. The van der Waals surface area contributed by atoms with Gasteiger partial charge in [-0.1, -0.05) is 23.2 Å². The van der Waals surface area contributed by atoms with Crippen LogP contribution in [-0.4, -0.2) is 18.0 Å². The average molecular weight is 341 g/mol. The van der Waals surface area contributed by atoms with Gasteiger partial charge in [0.05, 0.1) is 0 Å². The van der Waals surface area contributed by atoms with E-state index in [0.29, 0.717) is 22.6 Å². The van der Waals surface area contributed by atoms with Crippen molar-refractivity contribution in [2.24, 2.45) is 5.73 Å². The van der Waals surface area contributed by atoms with Crippen molar-refractivity contribution in [2.45, 2.75) is 25.4 Å². The summed E-state index contributed by atoms with van der Waals surface area (Å²) < 4.78 is 0. The molecule has 1 aliphatic heterocycles. The summed E-state index contributed by atoms with van der Waals surface area (Å²) in [4.78, 5) is 3.95. The number of benzene rings is 1. The number of nitrogens with zero attached hydrogens (tertiary/aromatic N) is 1. The molecule has 0 bridgehead atoms. The summed E-state index contributed by atoms with van der Waals surface area (Å²) in [7, 11) is 0. The molecule has 2 aromatic rings. The van der Waals surface area contributed by atoms with Gasteiger partial charge in [0.1, 0.15) is 0 Å². The predicted molar refractivity (Wildman–Crippen MR) is 91.4 cm³/mol. The Morgan fingerprint density at radius 1 is 1.33 bits per heavy atom. The number of halogens is 2. The maximum Gasteiger partial charge on any atom is 0.0477 e. The van der Waals surface area contributed by atoms with E-state index in [1.54, 1.807) is 6.07 Å². The van der Waals surface area contributed by atoms with Gasteiger partial charge in [0, 0.05) is 40.1 Å². The molecule has 5 heteroatoms. The number of hydrogen-bond acceptors (Lipinski definition) is 3. The fourth-order valence-electron chi connectivity index (χ4n) is 3.19. The molecule has 2 unspecified atom stereocenters. The fourth-order valence-corrected chi connectivity index (χ4v) is 4.69. The van der Waals surface area contributed by atoms with Crippen molar-refractivity contribution >= 4 is 34.5 Å². The first-order valence-electron chi connectivity index (χ1n) is 7.08. The SMILES string of the molecule is CC1c2ccsc2CCN1C(CN)c1cc(Cl)cc(Cl)c1. The van der Waals surface area contributed by atoms with E-state index in [4.69, 9.17) is 28.9 Å². The second-order valence-corrected chi connectivity index (χ2v) is 7.29. The minimum atomic E-state index is 0.143. The smallest absolute Gasteiger partial charge is 0.0477 e. The second-order valence-electron chi connectivity index (χ2n) is 5.42. The molecule has 0 fully saturated rings. The lowest BCUT2D eigenvalue weighted by molar-refractivity contribution is 0.139. The standard InChI is InChI=1S/C16H18Cl2N2S/c1-10-14-3-5-21-16(14)2-4-20(10)15(9-19)11-6-12(17)8-13(18)7-11/h3,5-8,10,15H,2,4,9,19H2,1H3. The van der Waals surface area contributed by atoms with Crippen molar-refractivity contribution in [1.82, 2.24) is 4.90 Å². The van der Waals surface area contributed by atoms with E-state index >= 15 is 0 Å². The molecule has 0 radical (unpaired) electrons. The van der Waals surface area contributed by atoms with E-state index in [9.17, 15) is 0 Å². The molecular weight excluding hydrogens is 323 g/mol. The molecular formula is C16H18Cl2N2S. The average Bonchev–Trinajstić information content (AvgIpc) is 2.90. The summed E-state index contributed by atoms with van der Waals surface area (Å²) in [6.07, 6.45) is 1.09. The van der Waals surface area contributed by atoms with Crippen molar-refractivity contribution < 1.29 is 0 Å². The Morgan fingerprint density at radius 3 is 2.71 bits per heavy atom. The Labute approximate surface area is 139 Å². The van der Waals surface area contributed by atoms with Crippen LogP contribution in [-0.2, 0) is 6.42 Å². The highest BCUT2D eigenvalue weighted by atomic mass is 35.5. The highest BCUT2D eigenvalue weighted by molar-refractivity contribution is 7.10. The predicted octanol–water partition coefficient (Wildman–Crippen LogP) is 4.67. The third kappa shape index (κ3) is 2.99. The lowest BCUT2D eigenvalue weighted by atomic mass is 9.96. The van der Waals surface area contributed by atoms with Gasteiger partial charge in [0.25, 0.3) is 0 Å². The molecule has 3 rings (SSSR count). The van der Waals surface area contributed by atoms with Crippen LogP contribution in [0.5, 0.6) is 0 Å². The molecule has 1 aromatic heterocycles. The van der Waals surface area contributed by atoms with Gasteiger partial charge in [-0.2, -0.15) is 0 Å². The van der Waals surface area contributed by atoms with Gasteiger partial charge in [-0.05, 0) is 54.1 Å². The number of fused-ring (bicyclic) bond motifs is 1. The molecule has 0 amide bonds. The summed E-state index contributed by atoms with van der Waals surface area (Å²) in [5.41, 5.74) is 8.59. The van der Waals surface area contributed by atoms with Gasteiger partial charge in [-0.15, -0.1) is 11.3 Å². The monoisotopic (exact) mass is 340 g/mol. The van der Waals surface area contributed by atoms with E-state index in [1.807, 2.05) is 23.5 Å². The zero-order valence-electron chi connectivity index (χ0n) is 11.9. The minimum Gasteiger partial charge on any atom is -0.329 e. The highest BCUT2D eigenvalue weighted by Gasteiger charge is 2.30. The minimum absolute atomic E-state index is 0.143. The Bertz CT molecular complexity index is 621. The van der Waals surface area contributed by atoms with Crippen LogP contribution in [0.4, 0.5) is 0 Å². The third-order valence-electron chi connectivity index (χ3n) is 4.22. The van der Waals surface area contributed by atoms with Crippen molar-refractivity contribution in [1.29, 1.82) is 0 Å². The first-order chi connectivity index (χ1) is 10.1. The van der Waals surface area contributed by atoms with Crippen molar-refractivity contribution in [2.75, 3.05) is 13.1 Å². The van der Waals surface area contributed by atoms with Crippen LogP contribution in [0.2, 0.25) is 10.0 Å². The quantitative estimate of drug-likeness (QED) is 0.879. The summed E-state index contributed by atoms with van der Waals surface area (Å²) in [6.45, 7) is 3.82. The highest BCUT2D eigenvalue weighted by Crippen LogP contribution is 2.38. The largest absolute Gasteiger partial charge is 0.329 e. The van der Waals surface area contributed by atoms with Crippen molar-refractivity contribution in [3.05, 3.63) is 55.7 Å². The molecule has 0 saturated carbocycles. The van der Waals surface area contributed by atoms with Crippen molar-refractivity contribution in [3.63, 3.8) is 0 Å². The molecule has 21 heavy (non-hydrogen) atoms. The maximum atomic E-state index is 6.15. The molecule has 112 valence electrons. The number of hydrogen-bond donors (Lipinski definition) is 1. The summed E-state index contributed by atoms with van der Waals surface area (Å²) in [6, 6.07) is 8.45. The summed E-state index contributed by atoms with van der Waals surface area (Å²) >= 11 is 14.1.